The minimum absolute atomic E-state index is 0.158. The number of anilines is 1. The van der Waals surface area contributed by atoms with E-state index in [0.29, 0.717) is 14.6 Å². The first-order valence-corrected chi connectivity index (χ1v) is 11.6. The second-order valence-electron chi connectivity index (χ2n) is 6.40. The van der Waals surface area contributed by atoms with Crippen LogP contribution in [0.3, 0.4) is 0 Å². The van der Waals surface area contributed by atoms with Gasteiger partial charge in [-0.15, -0.1) is 0 Å². The molecule has 162 valence electrons. The van der Waals surface area contributed by atoms with Crippen molar-refractivity contribution in [1.82, 2.24) is 5.32 Å². The standard InChI is InChI=1S/C21H10BrCl3N2O4S/c22-15-9-12(31-20(15)32-13-4-1-10(23)2-5-13)8-14-18(28)26-21(30)27(19(14)29)11-3-6-16(24)17(25)7-11/h1-9H,(H,26,28,30)/b14-8+. The lowest BCUT2D eigenvalue weighted by Crippen LogP contribution is -2.54. The number of amides is 4. The summed E-state index contributed by atoms with van der Waals surface area (Å²) in [5.41, 5.74) is -0.111. The summed E-state index contributed by atoms with van der Waals surface area (Å²) < 4.78 is 6.41. The van der Waals surface area contributed by atoms with Gasteiger partial charge < -0.3 is 4.42 Å². The van der Waals surface area contributed by atoms with Crippen molar-refractivity contribution in [3.63, 3.8) is 0 Å². The largest absolute Gasteiger partial charge is 0.449 e. The Morgan fingerprint density at radius 2 is 1.69 bits per heavy atom. The third-order valence-electron chi connectivity index (χ3n) is 4.25. The van der Waals surface area contributed by atoms with E-state index in [1.165, 1.54) is 36.0 Å². The maximum Gasteiger partial charge on any atom is 0.335 e. The molecule has 11 heteroatoms. The molecule has 3 aromatic rings. The van der Waals surface area contributed by atoms with Crippen LogP contribution in [0.25, 0.3) is 6.08 Å². The van der Waals surface area contributed by atoms with Crippen molar-refractivity contribution < 1.29 is 18.8 Å². The first-order chi connectivity index (χ1) is 15.2. The number of urea groups is 1. The number of barbiturate groups is 1. The van der Waals surface area contributed by atoms with Gasteiger partial charge >= 0.3 is 6.03 Å². The summed E-state index contributed by atoms with van der Waals surface area (Å²) >= 11 is 22.6. The lowest BCUT2D eigenvalue weighted by molar-refractivity contribution is -0.122. The lowest BCUT2D eigenvalue weighted by Gasteiger charge is -2.26. The summed E-state index contributed by atoms with van der Waals surface area (Å²) in [6, 6.07) is 12.2. The molecule has 0 aliphatic carbocycles. The summed E-state index contributed by atoms with van der Waals surface area (Å²) in [7, 11) is 0. The van der Waals surface area contributed by atoms with Crippen LogP contribution in [0, 0.1) is 0 Å². The molecule has 0 radical (unpaired) electrons. The first-order valence-electron chi connectivity index (χ1n) is 8.82. The Balaban J connectivity index is 1.64. The topological polar surface area (TPSA) is 79.6 Å². The second kappa shape index (κ2) is 9.33. The van der Waals surface area contributed by atoms with Gasteiger partial charge in [-0.05, 0) is 70.5 Å². The van der Waals surface area contributed by atoms with Crippen LogP contribution in [-0.2, 0) is 9.59 Å². The van der Waals surface area contributed by atoms with Crippen LogP contribution < -0.4 is 10.2 Å². The van der Waals surface area contributed by atoms with Crippen molar-refractivity contribution in [1.29, 1.82) is 0 Å². The van der Waals surface area contributed by atoms with Gasteiger partial charge in [0, 0.05) is 9.92 Å². The summed E-state index contributed by atoms with van der Waals surface area (Å²) in [6.45, 7) is 0. The minimum atomic E-state index is -0.893. The van der Waals surface area contributed by atoms with Gasteiger partial charge in [-0.2, -0.15) is 0 Å². The number of hydrogen-bond acceptors (Lipinski definition) is 5. The molecule has 1 aliphatic heterocycles. The van der Waals surface area contributed by atoms with Crippen molar-refractivity contribution in [2.45, 2.75) is 9.99 Å². The van der Waals surface area contributed by atoms with Crippen LogP contribution >= 0.6 is 62.5 Å². The van der Waals surface area contributed by atoms with Gasteiger partial charge in [0.05, 0.1) is 20.2 Å². The summed E-state index contributed by atoms with van der Waals surface area (Å²) in [6.07, 6.45) is 1.27. The lowest BCUT2D eigenvalue weighted by atomic mass is 10.1. The highest BCUT2D eigenvalue weighted by molar-refractivity contribution is 9.10. The normalized spacial score (nSPS) is 15.4. The van der Waals surface area contributed by atoms with Crippen LogP contribution in [0.4, 0.5) is 10.5 Å². The molecular formula is C21H10BrCl3N2O4S. The molecule has 1 aliphatic rings. The maximum absolute atomic E-state index is 13.0. The molecule has 6 nitrogen and oxygen atoms in total. The number of nitrogens with one attached hydrogen (secondary N) is 1. The zero-order valence-electron chi connectivity index (χ0n) is 15.7. The van der Waals surface area contributed by atoms with Gasteiger partial charge in [0.2, 0.25) is 0 Å². The van der Waals surface area contributed by atoms with Crippen molar-refractivity contribution in [3.8, 4) is 0 Å². The number of imide groups is 2. The predicted octanol–water partition coefficient (Wildman–Crippen LogP) is 6.82. The van der Waals surface area contributed by atoms with E-state index in [9.17, 15) is 14.4 Å². The van der Waals surface area contributed by atoms with E-state index in [2.05, 4.69) is 21.2 Å². The van der Waals surface area contributed by atoms with Gasteiger partial charge in [0.25, 0.3) is 11.8 Å². The highest BCUT2D eigenvalue weighted by Crippen LogP contribution is 2.37. The zero-order valence-corrected chi connectivity index (χ0v) is 20.4. The monoisotopic (exact) mass is 570 g/mol. The smallest absolute Gasteiger partial charge is 0.335 e. The van der Waals surface area contributed by atoms with E-state index < -0.39 is 17.8 Å². The molecule has 0 atom stereocenters. The molecular weight excluding hydrogens is 563 g/mol. The number of carbonyl (C=O) groups is 3. The molecule has 2 aromatic carbocycles. The van der Waals surface area contributed by atoms with Crippen molar-refractivity contribution in [2.24, 2.45) is 0 Å². The Morgan fingerprint density at radius 1 is 0.969 bits per heavy atom. The third-order valence-corrected chi connectivity index (χ3v) is 7.09. The number of carbonyl (C=O) groups excluding carboxylic acids is 3. The van der Waals surface area contributed by atoms with Crippen LogP contribution in [0.5, 0.6) is 0 Å². The third kappa shape index (κ3) is 4.74. The molecule has 1 N–H and O–H groups in total. The van der Waals surface area contributed by atoms with Crippen LogP contribution in [0.1, 0.15) is 5.76 Å². The van der Waals surface area contributed by atoms with E-state index in [4.69, 9.17) is 39.2 Å². The number of nitrogens with zero attached hydrogens (tertiary/aromatic N) is 1. The van der Waals surface area contributed by atoms with Gasteiger partial charge in [-0.25, -0.2) is 9.69 Å². The summed E-state index contributed by atoms with van der Waals surface area (Å²) in [5, 5.41) is 3.69. The molecule has 0 saturated carbocycles. The van der Waals surface area contributed by atoms with Crippen molar-refractivity contribution in [3.05, 3.63) is 79.4 Å². The Labute approximate surface area is 209 Å². The fraction of sp³-hybridized carbons (Fsp3) is 0. The Kier molecular flexibility index (Phi) is 6.69. The van der Waals surface area contributed by atoms with E-state index in [0.717, 1.165) is 9.80 Å². The molecule has 0 bridgehead atoms. The molecule has 1 saturated heterocycles. The fourth-order valence-electron chi connectivity index (χ4n) is 2.78. The minimum Gasteiger partial charge on any atom is -0.449 e. The number of hydrogen-bond donors (Lipinski definition) is 1. The number of benzene rings is 2. The summed E-state index contributed by atoms with van der Waals surface area (Å²) in [4.78, 5) is 39.4. The number of furan rings is 1. The second-order valence-corrected chi connectivity index (χ2v) is 9.55. The van der Waals surface area contributed by atoms with E-state index in [1.807, 2.05) is 12.1 Å². The van der Waals surface area contributed by atoms with E-state index >= 15 is 0 Å². The Bertz CT molecular complexity index is 1290. The molecule has 2 heterocycles. The number of halogens is 4. The van der Waals surface area contributed by atoms with Crippen molar-refractivity contribution in [2.75, 3.05) is 4.90 Å². The molecule has 32 heavy (non-hydrogen) atoms. The summed E-state index contributed by atoms with van der Waals surface area (Å²) in [5.74, 6) is -1.41. The highest BCUT2D eigenvalue weighted by Gasteiger charge is 2.37. The fourth-order valence-corrected chi connectivity index (χ4v) is 4.53. The quantitative estimate of drug-likeness (QED) is 0.274. The molecule has 0 spiro atoms. The molecule has 1 fully saturated rings. The van der Waals surface area contributed by atoms with Gasteiger partial charge in [-0.1, -0.05) is 46.6 Å². The number of rotatable bonds is 4. The predicted molar refractivity (Wildman–Crippen MR) is 127 cm³/mol. The average Bonchev–Trinajstić information content (AvgIpc) is 3.08. The Morgan fingerprint density at radius 3 is 2.38 bits per heavy atom. The maximum atomic E-state index is 13.0. The van der Waals surface area contributed by atoms with Crippen LogP contribution in [0.15, 0.2) is 73.0 Å². The van der Waals surface area contributed by atoms with Gasteiger partial charge in [-0.3, -0.25) is 14.9 Å². The molecule has 1 aromatic heterocycles. The Hall–Kier alpha value is -2.23. The first kappa shape index (κ1) is 22.9. The average molecular weight is 573 g/mol. The molecule has 0 unspecified atom stereocenters. The zero-order chi connectivity index (χ0) is 23.0. The van der Waals surface area contributed by atoms with Crippen LogP contribution in [-0.4, -0.2) is 17.8 Å². The van der Waals surface area contributed by atoms with Gasteiger partial charge in [0.15, 0.2) is 5.09 Å². The highest BCUT2D eigenvalue weighted by atomic mass is 79.9. The van der Waals surface area contributed by atoms with Crippen LogP contribution in [0.2, 0.25) is 15.1 Å². The SMILES string of the molecule is O=C1NC(=O)N(c2ccc(Cl)c(Cl)c2)C(=O)/C1=C/c1cc(Br)c(Sc2ccc(Cl)cc2)o1. The van der Waals surface area contributed by atoms with E-state index in [-0.39, 0.29) is 27.1 Å². The van der Waals surface area contributed by atoms with E-state index in [1.54, 1.807) is 18.2 Å². The van der Waals surface area contributed by atoms with Crippen molar-refractivity contribution >= 4 is 92.1 Å². The van der Waals surface area contributed by atoms with Gasteiger partial charge in [0.1, 0.15) is 11.3 Å². The molecule has 4 rings (SSSR count). The molecule has 4 amide bonds.